The summed E-state index contributed by atoms with van der Waals surface area (Å²) in [7, 11) is 1.64. The first-order valence-electron chi connectivity index (χ1n) is 4.77. The van der Waals surface area contributed by atoms with Crippen molar-refractivity contribution in [2.45, 2.75) is 30.7 Å². The predicted octanol–water partition coefficient (Wildman–Crippen LogP) is 0.919. The normalized spacial score (nSPS) is 32.9. The molecule has 0 aromatic carbocycles. The maximum absolute atomic E-state index is 10.8. The van der Waals surface area contributed by atoms with E-state index in [4.69, 9.17) is 9.84 Å². The molecule has 0 radical (unpaired) electrons. The van der Waals surface area contributed by atoms with Crippen LogP contribution < -0.4 is 5.32 Å². The van der Waals surface area contributed by atoms with Crippen LogP contribution in [-0.2, 0) is 9.53 Å². The predicted molar refractivity (Wildman–Crippen MR) is 56.5 cm³/mol. The number of thioether (sulfide) groups is 1. The Morgan fingerprint density at radius 1 is 1.79 bits per heavy atom. The third kappa shape index (κ3) is 2.62. The fraction of sp³-hybridized carbons (Fsp3) is 0.889. The fourth-order valence-electron chi connectivity index (χ4n) is 1.61. The number of carboxylic acids is 1. The number of methoxy groups -OCH3 is 1. The van der Waals surface area contributed by atoms with E-state index in [1.807, 2.05) is 6.92 Å². The zero-order valence-corrected chi connectivity index (χ0v) is 9.39. The summed E-state index contributed by atoms with van der Waals surface area (Å²) in [5.74, 6) is 0.112. The number of carbonyl (C=O) groups is 1. The quantitative estimate of drug-likeness (QED) is 0.736. The van der Waals surface area contributed by atoms with Gasteiger partial charge in [0.05, 0.1) is 11.5 Å². The lowest BCUT2D eigenvalue weighted by molar-refractivity contribution is -0.140. The molecule has 5 heteroatoms. The molecular formula is C9H17NO3S. The molecule has 0 amide bonds. The summed E-state index contributed by atoms with van der Waals surface area (Å²) in [6.07, 6.45) is 1.56. The van der Waals surface area contributed by atoms with Crippen LogP contribution in [0.25, 0.3) is 0 Å². The lowest BCUT2D eigenvalue weighted by atomic mass is 10.1. The molecule has 1 heterocycles. The van der Waals surface area contributed by atoms with Crippen LogP contribution >= 0.6 is 11.8 Å². The molecule has 2 atom stereocenters. The van der Waals surface area contributed by atoms with Crippen LogP contribution in [0.5, 0.6) is 0 Å². The van der Waals surface area contributed by atoms with Crippen LogP contribution in [0.1, 0.15) is 19.8 Å². The number of carboxylic acid groups (broad SMARTS) is 1. The molecule has 0 aromatic rings. The zero-order valence-electron chi connectivity index (χ0n) is 8.58. The summed E-state index contributed by atoms with van der Waals surface area (Å²) in [6, 6.07) is -0.425. The van der Waals surface area contributed by atoms with E-state index in [-0.39, 0.29) is 4.87 Å². The molecule has 0 spiro atoms. The molecule has 1 aliphatic heterocycles. The zero-order chi connectivity index (χ0) is 10.6. The molecule has 1 saturated heterocycles. The summed E-state index contributed by atoms with van der Waals surface area (Å²) >= 11 is 1.76. The molecule has 0 bridgehead atoms. The lowest BCUT2D eigenvalue weighted by Gasteiger charge is -2.39. The standard InChI is InChI=1S/C9H17NO3S/c1-3-9(6-13-2)10-7(8(11)12)4-5-14-9/h7,10H,3-6H2,1-2H3,(H,11,12). The van der Waals surface area contributed by atoms with Crippen molar-refractivity contribution >= 4 is 17.7 Å². The second kappa shape index (κ2) is 5.00. The van der Waals surface area contributed by atoms with E-state index in [1.54, 1.807) is 18.9 Å². The van der Waals surface area contributed by atoms with E-state index in [0.29, 0.717) is 13.0 Å². The van der Waals surface area contributed by atoms with Crippen LogP contribution in [0, 0.1) is 0 Å². The maximum atomic E-state index is 10.8. The molecule has 1 fully saturated rings. The monoisotopic (exact) mass is 219 g/mol. The van der Waals surface area contributed by atoms with Crippen molar-refractivity contribution in [3.63, 3.8) is 0 Å². The van der Waals surface area contributed by atoms with Crippen molar-refractivity contribution in [3.8, 4) is 0 Å². The van der Waals surface area contributed by atoms with Gasteiger partial charge in [-0.1, -0.05) is 6.92 Å². The second-order valence-electron chi connectivity index (χ2n) is 3.45. The Morgan fingerprint density at radius 2 is 2.50 bits per heavy atom. The van der Waals surface area contributed by atoms with Crippen molar-refractivity contribution in [2.75, 3.05) is 19.5 Å². The van der Waals surface area contributed by atoms with E-state index >= 15 is 0 Å². The molecule has 0 aromatic heterocycles. The van der Waals surface area contributed by atoms with Crippen molar-refractivity contribution in [1.29, 1.82) is 0 Å². The lowest BCUT2D eigenvalue weighted by Crippen LogP contribution is -2.56. The molecular weight excluding hydrogens is 202 g/mol. The minimum Gasteiger partial charge on any atom is -0.480 e. The van der Waals surface area contributed by atoms with Crippen molar-refractivity contribution < 1.29 is 14.6 Å². The van der Waals surface area contributed by atoms with E-state index in [9.17, 15) is 4.79 Å². The number of hydrogen-bond donors (Lipinski definition) is 2. The van der Waals surface area contributed by atoms with Crippen LogP contribution in [0.2, 0.25) is 0 Å². The second-order valence-corrected chi connectivity index (χ2v) is 4.93. The van der Waals surface area contributed by atoms with Crippen molar-refractivity contribution in [1.82, 2.24) is 5.32 Å². The van der Waals surface area contributed by atoms with Crippen LogP contribution in [0.15, 0.2) is 0 Å². The minimum absolute atomic E-state index is 0.212. The Bertz CT molecular complexity index is 208. The summed E-state index contributed by atoms with van der Waals surface area (Å²) in [6.45, 7) is 2.60. The smallest absolute Gasteiger partial charge is 0.320 e. The summed E-state index contributed by atoms with van der Waals surface area (Å²) in [4.78, 5) is 10.6. The highest BCUT2D eigenvalue weighted by atomic mass is 32.2. The Labute approximate surface area is 88.4 Å². The van der Waals surface area contributed by atoms with Gasteiger partial charge in [-0.2, -0.15) is 0 Å². The maximum Gasteiger partial charge on any atom is 0.320 e. The van der Waals surface area contributed by atoms with Gasteiger partial charge in [0, 0.05) is 7.11 Å². The molecule has 2 unspecified atom stereocenters. The Balaban J connectivity index is 2.63. The summed E-state index contributed by atoms with van der Waals surface area (Å²) < 4.78 is 5.13. The van der Waals surface area contributed by atoms with Gasteiger partial charge in [-0.25, -0.2) is 0 Å². The van der Waals surface area contributed by atoms with Gasteiger partial charge in [0.2, 0.25) is 0 Å². The SMILES string of the molecule is CCC1(COC)NC(C(=O)O)CCS1. The Hall–Kier alpha value is -0.260. The summed E-state index contributed by atoms with van der Waals surface area (Å²) in [5.41, 5.74) is 0. The third-order valence-electron chi connectivity index (χ3n) is 2.47. The number of rotatable bonds is 4. The summed E-state index contributed by atoms with van der Waals surface area (Å²) in [5, 5.41) is 12.1. The molecule has 82 valence electrons. The molecule has 4 nitrogen and oxygen atoms in total. The highest BCUT2D eigenvalue weighted by Crippen LogP contribution is 2.32. The number of nitrogens with one attached hydrogen (secondary N) is 1. The molecule has 1 rings (SSSR count). The average molecular weight is 219 g/mol. The largest absolute Gasteiger partial charge is 0.480 e. The average Bonchev–Trinajstić information content (AvgIpc) is 2.18. The van der Waals surface area contributed by atoms with Gasteiger partial charge in [-0.3, -0.25) is 10.1 Å². The number of hydrogen-bond acceptors (Lipinski definition) is 4. The van der Waals surface area contributed by atoms with Gasteiger partial charge in [-0.15, -0.1) is 11.8 Å². The first-order valence-corrected chi connectivity index (χ1v) is 5.75. The first-order chi connectivity index (χ1) is 6.63. The topological polar surface area (TPSA) is 58.6 Å². The van der Waals surface area contributed by atoms with Crippen molar-refractivity contribution in [3.05, 3.63) is 0 Å². The van der Waals surface area contributed by atoms with Gasteiger partial charge in [0.1, 0.15) is 6.04 Å². The van der Waals surface area contributed by atoms with Gasteiger partial charge >= 0.3 is 5.97 Å². The first kappa shape index (κ1) is 11.8. The molecule has 0 saturated carbocycles. The van der Waals surface area contributed by atoms with Gasteiger partial charge in [0.15, 0.2) is 0 Å². The highest BCUT2D eigenvalue weighted by Gasteiger charge is 2.37. The number of ether oxygens (including phenoxy) is 1. The molecule has 0 aliphatic carbocycles. The van der Waals surface area contributed by atoms with Crippen LogP contribution in [0.4, 0.5) is 0 Å². The molecule has 14 heavy (non-hydrogen) atoms. The molecule has 1 aliphatic rings. The minimum atomic E-state index is -0.765. The van der Waals surface area contributed by atoms with Crippen LogP contribution in [0.3, 0.4) is 0 Å². The van der Waals surface area contributed by atoms with E-state index in [2.05, 4.69) is 5.32 Å². The third-order valence-corrected chi connectivity index (χ3v) is 3.99. The van der Waals surface area contributed by atoms with E-state index < -0.39 is 12.0 Å². The highest BCUT2D eigenvalue weighted by molar-refractivity contribution is 8.00. The Kier molecular flexibility index (Phi) is 4.22. The van der Waals surface area contributed by atoms with Crippen LogP contribution in [-0.4, -0.2) is 41.5 Å². The molecule has 2 N–H and O–H groups in total. The Morgan fingerprint density at radius 3 is 3.00 bits per heavy atom. The van der Waals surface area contributed by atoms with E-state index in [1.165, 1.54) is 0 Å². The fourth-order valence-corrected chi connectivity index (χ4v) is 2.99. The van der Waals surface area contributed by atoms with Gasteiger partial charge < -0.3 is 9.84 Å². The van der Waals surface area contributed by atoms with Crippen molar-refractivity contribution in [2.24, 2.45) is 0 Å². The number of aliphatic carboxylic acids is 1. The van der Waals surface area contributed by atoms with Gasteiger partial charge in [-0.05, 0) is 18.6 Å². The van der Waals surface area contributed by atoms with Gasteiger partial charge in [0.25, 0.3) is 0 Å². The van der Waals surface area contributed by atoms with E-state index in [0.717, 1.165) is 12.2 Å².